The van der Waals surface area contributed by atoms with Gasteiger partial charge in [0.05, 0.1) is 31.2 Å². The zero-order chi connectivity index (χ0) is 17.6. The first-order valence-corrected chi connectivity index (χ1v) is 9.15. The Morgan fingerprint density at radius 1 is 1.08 bits per heavy atom. The quantitative estimate of drug-likeness (QED) is 0.721. The minimum absolute atomic E-state index is 0.0214. The number of likely N-dealkylation sites (N-methyl/N-ethyl adjacent to an activating group) is 1. The van der Waals surface area contributed by atoms with Gasteiger partial charge in [-0.2, -0.15) is 0 Å². The van der Waals surface area contributed by atoms with E-state index in [1.165, 1.54) is 0 Å². The zero-order valence-electron chi connectivity index (χ0n) is 15.0. The van der Waals surface area contributed by atoms with Crippen molar-refractivity contribution in [2.24, 2.45) is 0 Å². The summed E-state index contributed by atoms with van der Waals surface area (Å²) in [5.74, 6) is 3.72. The fraction of sp³-hybridized carbons (Fsp3) is 0.474. The maximum absolute atomic E-state index is 5.64. The Bertz CT molecular complexity index is 860. The van der Waals surface area contributed by atoms with Crippen LogP contribution in [0.4, 0.5) is 0 Å². The molecular formula is C19H23N5O2. The summed E-state index contributed by atoms with van der Waals surface area (Å²) >= 11 is 0. The molecule has 5 heterocycles. The van der Waals surface area contributed by atoms with Gasteiger partial charge in [0.1, 0.15) is 11.6 Å². The minimum atomic E-state index is 0.0214. The van der Waals surface area contributed by atoms with Gasteiger partial charge < -0.3 is 8.83 Å². The molecule has 7 nitrogen and oxygen atoms in total. The van der Waals surface area contributed by atoms with Crippen molar-refractivity contribution in [1.29, 1.82) is 0 Å². The van der Waals surface area contributed by atoms with E-state index >= 15 is 0 Å². The number of nitrogens with zero attached hydrogens (tertiary/aromatic N) is 5. The molecule has 0 aromatic carbocycles. The predicted molar refractivity (Wildman–Crippen MR) is 95.3 cm³/mol. The second-order valence-electron chi connectivity index (χ2n) is 7.50. The molecule has 1 spiro atoms. The molecule has 2 aliphatic heterocycles. The molecule has 7 heteroatoms. The highest BCUT2D eigenvalue weighted by Gasteiger charge is 2.43. The Balaban J connectivity index is 1.44. The first-order chi connectivity index (χ1) is 12.7. The fourth-order valence-electron chi connectivity index (χ4n) is 4.49. The standard InChI is InChI=1S/C19H23N5O2/c1-22-13-17-20-21-18(16-5-3-11-26-16)24(17)19(14-22)6-8-23(9-7-19)12-15-4-2-10-25-15/h2-5,10-11H,6-9,12-14H2,1H3. The van der Waals surface area contributed by atoms with Gasteiger partial charge in [0, 0.05) is 19.6 Å². The Kier molecular flexibility index (Phi) is 3.72. The lowest BCUT2D eigenvalue weighted by atomic mass is 9.84. The number of furan rings is 2. The summed E-state index contributed by atoms with van der Waals surface area (Å²) in [7, 11) is 2.17. The lowest BCUT2D eigenvalue weighted by Crippen LogP contribution is -2.55. The van der Waals surface area contributed by atoms with Crippen LogP contribution in [0.25, 0.3) is 11.6 Å². The van der Waals surface area contributed by atoms with E-state index in [0.29, 0.717) is 0 Å². The van der Waals surface area contributed by atoms with E-state index in [0.717, 1.165) is 68.7 Å². The van der Waals surface area contributed by atoms with Crippen molar-refractivity contribution in [1.82, 2.24) is 24.6 Å². The van der Waals surface area contributed by atoms with E-state index in [2.05, 4.69) is 31.6 Å². The van der Waals surface area contributed by atoms with Gasteiger partial charge in [0.2, 0.25) is 0 Å². The monoisotopic (exact) mass is 353 g/mol. The van der Waals surface area contributed by atoms with Gasteiger partial charge in [-0.25, -0.2) is 0 Å². The van der Waals surface area contributed by atoms with Gasteiger partial charge in [-0.15, -0.1) is 10.2 Å². The first-order valence-electron chi connectivity index (χ1n) is 9.15. The number of aromatic nitrogens is 3. The van der Waals surface area contributed by atoms with E-state index in [9.17, 15) is 0 Å². The SMILES string of the molecule is CN1Cc2nnc(-c3ccco3)n2C2(CCN(Cc3ccco3)CC2)C1. The van der Waals surface area contributed by atoms with Crippen molar-refractivity contribution >= 4 is 0 Å². The number of rotatable bonds is 3. The van der Waals surface area contributed by atoms with Crippen LogP contribution in [0.2, 0.25) is 0 Å². The number of likely N-dealkylation sites (tertiary alicyclic amines) is 1. The summed E-state index contributed by atoms with van der Waals surface area (Å²) in [5, 5.41) is 8.94. The minimum Gasteiger partial charge on any atom is -0.468 e. The smallest absolute Gasteiger partial charge is 0.200 e. The Labute approximate surface area is 152 Å². The van der Waals surface area contributed by atoms with Gasteiger partial charge in [0.25, 0.3) is 0 Å². The number of fused-ring (bicyclic) bond motifs is 2. The maximum Gasteiger partial charge on any atom is 0.200 e. The molecule has 0 saturated carbocycles. The normalized spacial score (nSPS) is 20.5. The van der Waals surface area contributed by atoms with Crippen LogP contribution in [-0.4, -0.2) is 51.2 Å². The number of hydrogen-bond acceptors (Lipinski definition) is 6. The summed E-state index contributed by atoms with van der Waals surface area (Å²) in [5.41, 5.74) is 0.0214. The molecule has 0 aliphatic carbocycles. The molecule has 2 aliphatic rings. The van der Waals surface area contributed by atoms with Crippen LogP contribution in [0.5, 0.6) is 0 Å². The molecule has 0 unspecified atom stereocenters. The van der Waals surface area contributed by atoms with E-state index in [1.54, 1.807) is 12.5 Å². The number of piperidine rings is 1. The average Bonchev–Trinajstić information content (AvgIpc) is 3.37. The lowest BCUT2D eigenvalue weighted by molar-refractivity contribution is 0.0464. The summed E-state index contributed by atoms with van der Waals surface area (Å²) in [6.07, 6.45) is 5.58. The van der Waals surface area contributed by atoms with Crippen molar-refractivity contribution in [3.63, 3.8) is 0 Å². The van der Waals surface area contributed by atoms with Gasteiger partial charge in [-0.1, -0.05) is 0 Å². The lowest BCUT2D eigenvalue weighted by Gasteiger charge is -2.48. The van der Waals surface area contributed by atoms with Crippen LogP contribution in [0, 0.1) is 0 Å². The molecule has 3 aromatic heterocycles. The summed E-state index contributed by atoms with van der Waals surface area (Å²) in [6, 6.07) is 7.88. The van der Waals surface area contributed by atoms with Crippen LogP contribution in [0.1, 0.15) is 24.4 Å². The van der Waals surface area contributed by atoms with E-state index in [4.69, 9.17) is 8.83 Å². The second-order valence-corrected chi connectivity index (χ2v) is 7.50. The van der Waals surface area contributed by atoms with Crippen molar-refractivity contribution in [2.45, 2.75) is 31.5 Å². The second kappa shape index (κ2) is 6.10. The van der Waals surface area contributed by atoms with Crippen molar-refractivity contribution in [3.8, 4) is 11.6 Å². The maximum atomic E-state index is 5.64. The highest BCUT2D eigenvalue weighted by molar-refractivity contribution is 5.48. The fourth-order valence-corrected chi connectivity index (χ4v) is 4.49. The van der Waals surface area contributed by atoms with Gasteiger partial charge in [-0.05, 0) is 44.2 Å². The molecule has 0 amide bonds. The van der Waals surface area contributed by atoms with Crippen molar-refractivity contribution in [2.75, 3.05) is 26.7 Å². The van der Waals surface area contributed by atoms with Gasteiger partial charge >= 0.3 is 0 Å². The zero-order valence-corrected chi connectivity index (χ0v) is 15.0. The highest BCUT2D eigenvalue weighted by atomic mass is 16.3. The van der Waals surface area contributed by atoms with Crippen LogP contribution >= 0.6 is 0 Å². The van der Waals surface area contributed by atoms with Gasteiger partial charge in [-0.3, -0.25) is 14.4 Å². The Morgan fingerprint density at radius 2 is 1.88 bits per heavy atom. The molecule has 1 fully saturated rings. The first kappa shape index (κ1) is 15.8. The van der Waals surface area contributed by atoms with E-state index in [-0.39, 0.29) is 5.54 Å². The highest BCUT2D eigenvalue weighted by Crippen LogP contribution is 2.39. The average molecular weight is 353 g/mol. The molecular weight excluding hydrogens is 330 g/mol. The molecule has 0 N–H and O–H groups in total. The van der Waals surface area contributed by atoms with Crippen molar-refractivity contribution in [3.05, 3.63) is 48.4 Å². The summed E-state index contributed by atoms with van der Waals surface area (Å²) in [4.78, 5) is 4.83. The summed E-state index contributed by atoms with van der Waals surface area (Å²) in [6.45, 7) is 4.78. The van der Waals surface area contributed by atoms with E-state index in [1.807, 2.05) is 24.3 Å². The topological polar surface area (TPSA) is 63.5 Å². The van der Waals surface area contributed by atoms with Crippen LogP contribution in [0.3, 0.4) is 0 Å². The Hall–Kier alpha value is -2.38. The molecule has 136 valence electrons. The third-order valence-electron chi connectivity index (χ3n) is 5.67. The molecule has 26 heavy (non-hydrogen) atoms. The predicted octanol–water partition coefficient (Wildman–Crippen LogP) is 2.57. The summed E-state index contributed by atoms with van der Waals surface area (Å²) < 4.78 is 13.5. The van der Waals surface area contributed by atoms with Gasteiger partial charge in [0.15, 0.2) is 11.6 Å². The molecule has 0 radical (unpaired) electrons. The molecule has 5 rings (SSSR count). The van der Waals surface area contributed by atoms with Crippen LogP contribution in [0.15, 0.2) is 45.6 Å². The molecule has 0 atom stereocenters. The Morgan fingerprint density at radius 3 is 2.62 bits per heavy atom. The van der Waals surface area contributed by atoms with E-state index < -0.39 is 0 Å². The third kappa shape index (κ3) is 2.59. The van der Waals surface area contributed by atoms with Crippen molar-refractivity contribution < 1.29 is 8.83 Å². The largest absolute Gasteiger partial charge is 0.468 e. The number of hydrogen-bond donors (Lipinski definition) is 0. The third-order valence-corrected chi connectivity index (χ3v) is 5.67. The van der Waals surface area contributed by atoms with Crippen LogP contribution < -0.4 is 0 Å². The molecule has 1 saturated heterocycles. The molecule has 0 bridgehead atoms. The van der Waals surface area contributed by atoms with Crippen LogP contribution in [-0.2, 0) is 18.6 Å². The molecule has 3 aromatic rings.